The highest BCUT2D eigenvalue weighted by Gasteiger charge is 2.34. The van der Waals surface area contributed by atoms with Crippen LogP contribution in [0.25, 0.3) is 0 Å². The summed E-state index contributed by atoms with van der Waals surface area (Å²) < 4.78 is 18.7. The van der Waals surface area contributed by atoms with Crippen molar-refractivity contribution in [1.29, 1.82) is 0 Å². The molecular formula is C29H45ClN7O2P. The quantitative estimate of drug-likeness (QED) is 0.391. The number of halogens is 1. The van der Waals surface area contributed by atoms with Gasteiger partial charge in [-0.05, 0) is 58.2 Å². The third-order valence-corrected chi connectivity index (χ3v) is 11.4. The van der Waals surface area contributed by atoms with Gasteiger partial charge >= 0.3 is 0 Å². The molecule has 3 aliphatic rings. The summed E-state index contributed by atoms with van der Waals surface area (Å²) in [6.45, 7) is 10.6. The second kappa shape index (κ2) is 12.8. The molecule has 1 aromatic carbocycles. The largest absolute Gasteiger partial charge is 0.494 e. The number of nitrogens with one attached hydrogen (secondary N) is 2. The standard InChI is InChI=1S/C29H45ClN7O2P/c1-35-15-17-37(18-16-35)21-11-13-36(14-12-21)22-9-10-24(26(19-22)39-2)33-29-31-20-23(30)28(34-29)32-25-7-5-6-8-27(25)40(3,4)38/h9-10,19-21,25,27H,5-8,11-18H2,1-4H3,(H2,31,32,33,34)/t25-,27?/m0/s1. The molecule has 1 aromatic heterocycles. The summed E-state index contributed by atoms with van der Waals surface area (Å²) in [7, 11) is 1.66. The third-order valence-electron chi connectivity index (χ3n) is 8.91. The van der Waals surface area contributed by atoms with Gasteiger partial charge in [0.05, 0.1) is 26.1 Å². The number of piperazine rings is 1. The van der Waals surface area contributed by atoms with Gasteiger partial charge in [-0.3, -0.25) is 4.90 Å². The van der Waals surface area contributed by atoms with Crippen LogP contribution < -0.4 is 20.3 Å². The monoisotopic (exact) mass is 589 g/mol. The van der Waals surface area contributed by atoms with Crippen molar-refractivity contribution in [1.82, 2.24) is 19.8 Å². The Morgan fingerprint density at radius 1 is 1.02 bits per heavy atom. The van der Waals surface area contributed by atoms with Crippen LogP contribution in [0.4, 0.5) is 23.1 Å². The Balaban J connectivity index is 1.24. The van der Waals surface area contributed by atoms with E-state index in [1.807, 2.05) is 19.4 Å². The maximum atomic E-state index is 12.9. The van der Waals surface area contributed by atoms with Gasteiger partial charge in [0.1, 0.15) is 10.8 Å². The first-order valence-corrected chi connectivity index (χ1v) is 17.7. The lowest BCUT2D eigenvalue weighted by Gasteiger charge is -2.42. The Bertz CT molecular complexity index is 1190. The molecule has 3 fully saturated rings. The van der Waals surface area contributed by atoms with Gasteiger partial charge in [0.25, 0.3) is 0 Å². The SMILES string of the molecule is COc1cc(N2CCC(N3CCN(C)CC3)CC2)ccc1Nc1ncc(Cl)c(N[C@H]2CCCCC2P(C)(C)=O)n1. The van der Waals surface area contributed by atoms with Gasteiger partial charge in [-0.25, -0.2) is 4.98 Å². The summed E-state index contributed by atoms with van der Waals surface area (Å²) in [6, 6.07) is 7.04. The van der Waals surface area contributed by atoms with E-state index in [2.05, 4.69) is 49.5 Å². The average Bonchev–Trinajstić information content (AvgIpc) is 2.95. The minimum atomic E-state index is -2.25. The Morgan fingerprint density at radius 2 is 1.75 bits per heavy atom. The first-order valence-electron chi connectivity index (χ1n) is 14.7. The van der Waals surface area contributed by atoms with E-state index in [9.17, 15) is 4.57 Å². The van der Waals surface area contributed by atoms with Gasteiger partial charge in [0.15, 0.2) is 5.82 Å². The molecule has 0 bridgehead atoms. The number of hydrogen-bond donors (Lipinski definition) is 2. The number of hydrogen-bond acceptors (Lipinski definition) is 9. The van der Waals surface area contributed by atoms with Crippen LogP contribution in [0.2, 0.25) is 5.02 Å². The number of benzene rings is 1. The van der Waals surface area contributed by atoms with Crippen molar-refractivity contribution < 1.29 is 9.30 Å². The number of piperidine rings is 1. The van der Waals surface area contributed by atoms with E-state index in [4.69, 9.17) is 21.3 Å². The van der Waals surface area contributed by atoms with Crippen molar-refractivity contribution in [3.8, 4) is 5.75 Å². The van der Waals surface area contributed by atoms with Gasteiger partial charge in [0.2, 0.25) is 5.95 Å². The Morgan fingerprint density at radius 3 is 2.45 bits per heavy atom. The normalized spacial score (nSPS) is 23.7. The molecule has 11 heteroatoms. The molecule has 2 saturated heterocycles. The van der Waals surface area contributed by atoms with E-state index in [1.54, 1.807) is 13.3 Å². The van der Waals surface area contributed by atoms with E-state index in [1.165, 1.54) is 44.7 Å². The number of aromatic nitrogens is 2. The molecule has 0 amide bonds. The molecule has 40 heavy (non-hydrogen) atoms. The molecule has 2 aliphatic heterocycles. The number of methoxy groups -OCH3 is 1. The van der Waals surface area contributed by atoms with Crippen LogP contribution >= 0.6 is 18.7 Å². The van der Waals surface area contributed by atoms with E-state index in [0.29, 0.717) is 22.8 Å². The van der Waals surface area contributed by atoms with Crippen LogP contribution in [0, 0.1) is 0 Å². The molecule has 5 rings (SSSR count). The molecule has 9 nitrogen and oxygen atoms in total. The number of ether oxygens (including phenoxy) is 1. The zero-order valence-electron chi connectivity index (χ0n) is 24.4. The van der Waals surface area contributed by atoms with Crippen molar-refractivity contribution in [2.24, 2.45) is 0 Å². The molecular weight excluding hydrogens is 545 g/mol. The molecule has 2 aromatic rings. The lowest BCUT2D eigenvalue weighted by atomic mass is 9.95. The summed E-state index contributed by atoms with van der Waals surface area (Å²) in [5.74, 6) is 1.76. The van der Waals surface area contributed by atoms with Crippen molar-refractivity contribution in [3.05, 3.63) is 29.4 Å². The zero-order chi connectivity index (χ0) is 28.3. The van der Waals surface area contributed by atoms with Gasteiger partial charge in [-0.1, -0.05) is 24.4 Å². The lowest BCUT2D eigenvalue weighted by molar-refractivity contribution is 0.0982. The predicted octanol–water partition coefficient (Wildman–Crippen LogP) is 5.44. The fourth-order valence-corrected chi connectivity index (χ4v) is 8.54. The highest BCUT2D eigenvalue weighted by Crippen LogP contribution is 2.49. The van der Waals surface area contributed by atoms with Crippen LogP contribution in [0.3, 0.4) is 0 Å². The van der Waals surface area contributed by atoms with Gasteiger partial charge in [-0.15, -0.1) is 0 Å². The Hall–Kier alpha value is -2.06. The van der Waals surface area contributed by atoms with E-state index in [-0.39, 0.29) is 11.7 Å². The van der Waals surface area contributed by atoms with Crippen molar-refractivity contribution >= 4 is 41.9 Å². The van der Waals surface area contributed by atoms with Crippen LogP contribution in [0.15, 0.2) is 24.4 Å². The minimum absolute atomic E-state index is 0.0871. The Labute approximate surface area is 244 Å². The van der Waals surface area contributed by atoms with E-state index in [0.717, 1.165) is 50.2 Å². The van der Waals surface area contributed by atoms with Crippen LogP contribution in [-0.4, -0.2) is 104 Å². The van der Waals surface area contributed by atoms with Crippen molar-refractivity contribution in [2.75, 3.05) is 82.3 Å². The summed E-state index contributed by atoms with van der Waals surface area (Å²) in [4.78, 5) is 16.7. The average molecular weight is 590 g/mol. The number of rotatable bonds is 8. The van der Waals surface area contributed by atoms with Gasteiger partial charge in [-0.2, -0.15) is 4.98 Å². The summed E-state index contributed by atoms with van der Waals surface area (Å²) in [5.41, 5.74) is 2.10. The van der Waals surface area contributed by atoms with Crippen molar-refractivity contribution in [3.63, 3.8) is 0 Å². The topological polar surface area (TPSA) is 85.9 Å². The van der Waals surface area contributed by atoms with Gasteiger partial charge in [0, 0.05) is 68.8 Å². The molecule has 1 saturated carbocycles. The lowest BCUT2D eigenvalue weighted by Crippen LogP contribution is -2.52. The molecule has 220 valence electrons. The predicted molar refractivity (Wildman–Crippen MR) is 167 cm³/mol. The first-order chi connectivity index (χ1) is 19.2. The molecule has 1 unspecified atom stereocenters. The van der Waals surface area contributed by atoms with Crippen LogP contribution in [0.5, 0.6) is 5.75 Å². The summed E-state index contributed by atoms with van der Waals surface area (Å²) in [6.07, 6.45) is 8.14. The van der Waals surface area contributed by atoms with E-state index < -0.39 is 7.14 Å². The van der Waals surface area contributed by atoms with E-state index >= 15 is 0 Å². The Kier molecular flexibility index (Phi) is 9.45. The summed E-state index contributed by atoms with van der Waals surface area (Å²) in [5, 5.41) is 7.28. The molecule has 0 spiro atoms. The number of likely N-dealkylation sites (N-methyl/N-ethyl adjacent to an activating group) is 1. The maximum Gasteiger partial charge on any atom is 0.229 e. The first kappa shape index (κ1) is 29.4. The third kappa shape index (κ3) is 7.04. The second-order valence-corrected chi connectivity index (χ2v) is 15.9. The second-order valence-electron chi connectivity index (χ2n) is 12.0. The highest BCUT2D eigenvalue weighted by molar-refractivity contribution is 7.63. The van der Waals surface area contributed by atoms with Crippen LogP contribution in [0.1, 0.15) is 38.5 Å². The number of nitrogens with zero attached hydrogens (tertiary/aromatic N) is 5. The minimum Gasteiger partial charge on any atom is -0.494 e. The van der Waals surface area contributed by atoms with Crippen LogP contribution in [-0.2, 0) is 4.57 Å². The molecule has 2 atom stereocenters. The molecule has 3 heterocycles. The fourth-order valence-electron chi connectivity index (χ4n) is 6.50. The molecule has 0 radical (unpaired) electrons. The number of anilines is 4. The highest BCUT2D eigenvalue weighted by atomic mass is 35.5. The maximum absolute atomic E-state index is 12.9. The zero-order valence-corrected chi connectivity index (χ0v) is 26.1. The molecule has 2 N–H and O–H groups in total. The smallest absolute Gasteiger partial charge is 0.229 e. The van der Waals surface area contributed by atoms with Crippen molar-refractivity contribution in [2.45, 2.75) is 56.3 Å². The fraction of sp³-hybridized carbons (Fsp3) is 0.655. The molecule has 1 aliphatic carbocycles. The van der Waals surface area contributed by atoms with Gasteiger partial charge < -0.3 is 29.7 Å². The summed E-state index contributed by atoms with van der Waals surface area (Å²) >= 11 is 6.49.